The molecule has 0 saturated heterocycles. The van der Waals surface area contributed by atoms with Gasteiger partial charge in [0.25, 0.3) is 5.91 Å². The van der Waals surface area contributed by atoms with Crippen LogP contribution >= 0.6 is 0 Å². The number of amides is 1. The highest BCUT2D eigenvalue weighted by molar-refractivity contribution is 5.99. The van der Waals surface area contributed by atoms with Crippen LogP contribution in [0.2, 0.25) is 0 Å². The van der Waals surface area contributed by atoms with E-state index in [0.717, 1.165) is 17.0 Å². The Morgan fingerprint density at radius 1 is 1.03 bits per heavy atom. The first-order valence-corrected chi connectivity index (χ1v) is 9.25. The second kappa shape index (κ2) is 8.32. The molecule has 0 aliphatic carbocycles. The van der Waals surface area contributed by atoms with Gasteiger partial charge in [0.2, 0.25) is 0 Å². The van der Waals surface area contributed by atoms with Crippen LogP contribution in [0.15, 0.2) is 83.4 Å². The normalized spacial score (nSPS) is 10.2. The monoisotopic (exact) mass is 381 g/mol. The predicted molar refractivity (Wildman–Crippen MR) is 112 cm³/mol. The number of rotatable bonds is 4. The largest absolute Gasteiger partial charge is 0.460 e. The van der Waals surface area contributed by atoms with E-state index < -0.39 is 0 Å². The molecule has 0 saturated carbocycles. The lowest BCUT2D eigenvalue weighted by molar-refractivity contribution is 0.0959. The third-order valence-corrected chi connectivity index (χ3v) is 4.30. The van der Waals surface area contributed by atoms with Gasteiger partial charge >= 0.3 is 0 Å². The van der Waals surface area contributed by atoms with Crippen LogP contribution in [-0.4, -0.2) is 22.2 Å². The first-order chi connectivity index (χ1) is 14.2. The average molecular weight is 381 g/mol. The minimum Gasteiger partial charge on any atom is -0.460 e. The molecule has 0 unspecified atom stereocenters. The van der Waals surface area contributed by atoms with E-state index in [-0.39, 0.29) is 12.5 Å². The van der Waals surface area contributed by atoms with Gasteiger partial charge in [0.05, 0.1) is 17.8 Å². The third-order valence-electron chi connectivity index (χ3n) is 4.30. The van der Waals surface area contributed by atoms with Crippen LogP contribution in [0.1, 0.15) is 21.7 Å². The van der Waals surface area contributed by atoms with Crippen molar-refractivity contribution in [2.75, 3.05) is 6.54 Å². The van der Waals surface area contributed by atoms with Gasteiger partial charge in [0, 0.05) is 11.8 Å². The van der Waals surface area contributed by atoms with E-state index in [1.807, 2.05) is 79.7 Å². The molecule has 2 aromatic heterocycles. The van der Waals surface area contributed by atoms with E-state index in [1.165, 1.54) is 0 Å². The summed E-state index contributed by atoms with van der Waals surface area (Å²) in [5.74, 6) is 7.06. The SMILES string of the molecule is Cc1ccc(-c2nn(-c3ccccc3)cc2C(=O)NCC#Cc2ccccc2)o1. The lowest BCUT2D eigenvalue weighted by Crippen LogP contribution is -2.23. The Morgan fingerprint density at radius 2 is 1.76 bits per heavy atom. The Kier molecular flexibility index (Phi) is 5.26. The third kappa shape index (κ3) is 4.28. The molecular weight excluding hydrogens is 362 g/mol. The minimum atomic E-state index is -0.251. The summed E-state index contributed by atoms with van der Waals surface area (Å²) in [6, 6.07) is 23.0. The highest BCUT2D eigenvalue weighted by Gasteiger charge is 2.20. The highest BCUT2D eigenvalue weighted by atomic mass is 16.3. The van der Waals surface area contributed by atoms with Crippen molar-refractivity contribution in [2.24, 2.45) is 0 Å². The Balaban J connectivity index is 1.59. The van der Waals surface area contributed by atoms with Crippen LogP contribution in [0.25, 0.3) is 17.1 Å². The Bertz CT molecular complexity index is 1180. The first kappa shape index (κ1) is 18.3. The van der Waals surface area contributed by atoms with Gasteiger partial charge in [0.15, 0.2) is 5.76 Å². The molecule has 0 radical (unpaired) electrons. The zero-order valence-electron chi connectivity index (χ0n) is 15.9. The number of furan rings is 1. The van der Waals surface area contributed by atoms with E-state index >= 15 is 0 Å². The summed E-state index contributed by atoms with van der Waals surface area (Å²) in [5.41, 5.74) is 2.70. The molecule has 142 valence electrons. The van der Waals surface area contributed by atoms with E-state index in [0.29, 0.717) is 17.0 Å². The number of carbonyl (C=O) groups is 1. The van der Waals surface area contributed by atoms with Crippen LogP contribution in [0.4, 0.5) is 0 Å². The number of nitrogens with zero attached hydrogens (tertiary/aromatic N) is 2. The summed E-state index contributed by atoms with van der Waals surface area (Å²) in [4.78, 5) is 12.8. The molecule has 0 aliphatic rings. The van der Waals surface area contributed by atoms with Crippen LogP contribution in [0, 0.1) is 18.8 Å². The smallest absolute Gasteiger partial charge is 0.256 e. The van der Waals surface area contributed by atoms with Crippen molar-refractivity contribution in [2.45, 2.75) is 6.92 Å². The molecule has 5 nitrogen and oxygen atoms in total. The molecule has 29 heavy (non-hydrogen) atoms. The summed E-state index contributed by atoms with van der Waals surface area (Å²) in [6.07, 6.45) is 1.71. The minimum absolute atomic E-state index is 0.237. The Labute approximate surface area is 169 Å². The molecule has 4 aromatic rings. The molecule has 5 heteroatoms. The first-order valence-electron chi connectivity index (χ1n) is 9.25. The number of hydrogen-bond acceptors (Lipinski definition) is 3. The summed E-state index contributed by atoms with van der Waals surface area (Å²) >= 11 is 0. The summed E-state index contributed by atoms with van der Waals surface area (Å²) in [5, 5.41) is 7.43. The van der Waals surface area contributed by atoms with Crippen molar-refractivity contribution in [3.63, 3.8) is 0 Å². The topological polar surface area (TPSA) is 60.1 Å². The zero-order chi connectivity index (χ0) is 20.1. The van der Waals surface area contributed by atoms with Gasteiger partial charge in [0.1, 0.15) is 11.5 Å². The number of carbonyl (C=O) groups excluding carboxylic acids is 1. The molecular formula is C24H19N3O2. The van der Waals surface area contributed by atoms with Gasteiger partial charge in [-0.2, -0.15) is 5.10 Å². The lowest BCUT2D eigenvalue weighted by atomic mass is 10.2. The Morgan fingerprint density at radius 3 is 2.45 bits per heavy atom. The fourth-order valence-electron chi connectivity index (χ4n) is 2.88. The van der Waals surface area contributed by atoms with Gasteiger partial charge < -0.3 is 9.73 Å². The molecule has 0 bridgehead atoms. The molecule has 1 N–H and O–H groups in total. The zero-order valence-corrected chi connectivity index (χ0v) is 15.9. The molecule has 0 fully saturated rings. The second-order valence-electron chi connectivity index (χ2n) is 6.43. The highest BCUT2D eigenvalue weighted by Crippen LogP contribution is 2.25. The molecule has 0 atom stereocenters. The number of aryl methyl sites for hydroxylation is 1. The average Bonchev–Trinajstić information content (AvgIpc) is 3.39. The Hall–Kier alpha value is -4.04. The van der Waals surface area contributed by atoms with Crippen molar-refractivity contribution in [3.8, 4) is 29.0 Å². The fraction of sp³-hybridized carbons (Fsp3) is 0.0833. The summed E-state index contributed by atoms with van der Waals surface area (Å²) in [7, 11) is 0. The van der Waals surface area contributed by atoms with Crippen molar-refractivity contribution >= 4 is 5.91 Å². The predicted octanol–water partition coefficient (Wildman–Crippen LogP) is 4.22. The number of nitrogens with one attached hydrogen (secondary N) is 1. The maximum Gasteiger partial charge on any atom is 0.256 e. The van der Waals surface area contributed by atoms with Gasteiger partial charge in [-0.25, -0.2) is 4.68 Å². The van der Waals surface area contributed by atoms with E-state index in [4.69, 9.17) is 4.42 Å². The van der Waals surface area contributed by atoms with Crippen LogP contribution in [0.3, 0.4) is 0 Å². The van der Waals surface area contributed by atoms with Crippen molar-refractivity contribution in [1.29, 1.82) is 0 Å². The quantitative estimate of drug-likeness (QED) is 0.539. The molecule has 2 aromatic carbocycles. The number of aromatic nitrogens is 2. The second-order valence-corrected chi connectivity index (χ2v) is 6.43. The number of benzene rings is 2. The van der Waals surface area contributed by atoms with Gasteiger partial charge in [-0.15, -0.1) is 0 Å². The van der Waals surface area contributed by atoms with Crippen molar-refractivity contribution < 1.29 is 9.21 Å². The lowest BCUT2D eigenvalue weighted by Gasteiger charge is -2.00. The molecule has 2 heterocycles. The molecule has 4 rings (SSSR count). The van der Waals surface area contributed by atoms with Crippen LogP contribution in [0.5, 0.6) is 0 Å². The summed E-state index contributed by atoms with van der Waals surface area (Å²) < 4.78 is 7.39. The van der Waals surface area contributed by atoms with E-state index in [2.05, 4.69) is 22.3 Å². The number of para-hydroxylation sites is 1. The van der Waals surface area contributed by atoms with E-state index in [9.17, 15) is 4.79 Å². The van der Waals surface area contributed by atoms with Crippen molar-refractivity contribution in [1.82, 2.24) is 15.1 Å². The van der Waals surface area contributed by atoms with Gasteiger partial charge in [-0.05, 0) is 43.3 Å². The van der Waals surface area contributed by atoms with Crippen LogP contribution in [-0.2, 0) is 0 Å². The molecule has 0 aliphatic heterocycles. The van der Waals surface area contributed by atoms with Gasteiger partial charge in [-0.1, -0.05) is 48.2 Å². The van der Waals surface area contributed by atoms with Gasteiger partial charge in [-0.3, -0.25) is 4.79 Å². The maximum atomic E-state index is 12.8. The van der Waals surface area contributed by atoms with Crippen molar-refractivity contribution in [3.05, 3.63) is 95.9 Å². The summed E-state index contributed by atoms with van der Waals surface area (Å²) in [6.45, 7) is 2.09. The molecule has 0 spiro atoms. The number of hydrogen-bond donors (Lipinski definition) is 1. The molecule has 1 amide bonds. The van der Waals surface area contributed by atoms with Crippen LogP contribution < -0.4 is 5.32 Å². The maximum absolute atomic E-state index is 12.8. The fourth-order valence-corrected chi connectivity index (χ4v) is 2.88. The standard InChI is InChI=1S/C24H19N3O2/c1-18-14-15-22(29-18)23-21(17-27(26-23)20-12-6-3-7-13-20)24(28)25-16-8-11-19-9-4-2-5-10-19/h2-7,9-10,12-15,17H,16H2,1H3,(H,25,28). The van der Waals surface area contributed by atoms with E-state index in [1.54, 1.807) is 10.9 Å².